The average molecular weight is 224 g/mol. The molecule has 0 aliphatic rings. The minimum Gasteiger partial charge on any atom is -0.507 e. The van der Waals surface area contributed by atoms with Crippen LogP contribution in [0.5, 0.6) is 0 Å². The van der Waals surface area contributed by atoms with Crippen LogP contribution >= 0.6 is 0 Å². The van der Waals surface area contributed by atoms with Crippen molar-refractivity contribution in [2.24, 2.45) is 5.41 Å². The van der Waals surface area contributed by atoms with Crippen molar-refractivity contribution in [2.45, 2.75) is 41.0 Å². The van der Waals surface area contributed by atoms with E-state index in [4.69, 9.17) is 0 Å². The molecule has 0 fully saturated rings. The number of rotatable bonds is 5. The van der Waals surface area contributed by atoms with Crippen LogP contribution in [0.1, 0.15) is 41.0 Å². The monoisotopic (exact) mass is 224 g/mol. The van der Waals surface area contributed by atoms with Crippen LogP contribution in [0.2, 0.25) is 0 Å². The van der Waals surface area contributed by atoms with Gasteiger partial charge in [0.25, 0.3) is 0 Å². The van der Waals surface area contributed by atoms with Crippen LogP contribution in [0.4, 0.5) is 0 Å². The minimum absolute atomic E-state index is 0.0122. The zero-order chi connectivity index (χ0) is 12.9. The van der Waals surface area contributed by atoms with E-state index in [0.717, 1.165) is 6.29 Å². The van der Waals surface area contributed by atoms with E-state index < -0.39 is 5.41 Å². The van der Waals surface area contributed by atoms with Crippen LogP contribution in [-0.4, -0.2) is 17.2 Å². The Labute approximate surface area is 96.9 Å². The first kappa shape index (κ1) is 14.6. The van der Waals surface area contributed by atoms with E-state index >= 15 is 0 Å². The SMILES string of the molecule is C/C=C(/C(O)=C(C)C(C)=O)C(C)(C)CC=O. The van der Waals surface area contributed by atoms with Crippen LogP contribution in [0.25, 0.3) is 0 Å². The fourth-order valence-electron chi connectivity index (χ4n) is 1.54. The summed E-state index contributed by atoms with van der Waals surface area (Å²) in [5.74, 6) is -0.180. The summed E-state index contributed by atoms with van der Waals surface area (Å²) in [7, 11) is 0. The van der Waals surface area contributed by atoms with Crippen molar-refractivity contribution in [2.75, 3.05) is 0 Å². The fourth-order valence-corrected chi connectivity index (χ4v) is 1.54. The molecule has 0 saturated carbocycles. The second kappa shape index (κ2) is 5.64. The molecule has 0 rings (SSSR count). The van der Waals surface area contributed by atoms with Crippen molar-refractivity contribution < 1.29 is 14.7 Å². The smallest absolute Gasteiger partial charge is 0.159 e. The van der Waals surface area contributed by atoms with Gasteiger partial charge in [0.05, 0.1) is 0 Å². The van der Waals surface area contributed by atoms with Gasteiger partial charge in [-0.15, -0.1) is 0 Å². The molecule has 0 radical (unpaired) electrons. The molecule has 0 saturated heterocycles. The highest BCUT2D eigenvalue weighted by Crippen LogP contribution is 2.34. The van der Waals surface area contributed by atoms with E-state index in [1.165, 1.54) is 6.92 Å². The van der Waals surface area contributed by atoms with Gasteiger partial charge in [-0.25, -0.2) is 0 Å². The molecule has 1 N–H and O–H groups in total. The average Bonchev–Trinajstić information content (AvgIpc) is 2.16. The molecule has 0 heterocycles. The Morgan fingerprint density at radius 3 is 2.12 bits per heavy atom. The second-order valence-corrected chi connectivity index (χ2v) is 4.49. The first-order chi connectivity index (χ1) is 7.27. The molecule has 0 amide bonds. The number of Topliss-reactive ketones (excluding diaryl/α,β-unsaturated/α-hetero) is 1. The molecule has 0 aromatic rings. The molecule has 0 aromatic heterocycles. The van der Waals surface area contributed by atoms with Crippen molar-refractivity contribution in [3.05, 3.63) is 23.0 Å². The number of carbonyl (C=O) groups excluding carboxylic acids is 2. The molecule has 0 aliphatic carbocycles. The van der Waals surface area contributed by atoms with Crippen LogP contribution < -0.4 is 0 Å². The quantitative estimate of drug-likeness (QED) is 0.338. The maximum Gasteiger partial charge on any atom is 0.159 e. The summed E-state index contributed by atoms with van der Waals surface area (Å²) >= 11 is 0. The van der Waals surface area contributed by atoms with E-state index in [1.54, 1.807) is 19.9 Å². The lowest BCUT2D eigenvalue weighted by molar-refractivity contribution is -0.113. The highest BCUT2D eigenvalue weighted by Gasteiger charge is 2.26. The lowest BCUT2D eigenvalue weighted by atomic mass is 9.79. The molecule has 90 valence electrons. The summed E-state index contributed by atoms with van der Waals surface area (Å²) in [6, 6.07) is 0. The molecule has 0 spiro atoms. The number of carbonyl (C=O) groups is 2. The second-order valence-electron chi connectivity index (χ2n) is 4.49. The molecule has 3 nitrogen and oxygen atoms in total. The standard InChI is InChI=1S/C13H20O3/c1-6-11(13(4,5)7-8-14)12(16)9(2)10(3)15/h6,8,16H,7H2,1-5H3/b11-6-,12-9?. The van der Waals surface area contributed by atoms with E-state index in [1.807, 2.05) is 13.8 Å². The molecule has 3 heteroatoms. The van der Waals surface area contributed by atoms with Gasteiger partial charge in [-0.1, -0.05) is 19.9 Å². The lowest BCUT2D eigenvalue weighted by Crippen LogP contribution is -2.18. The Bertz CT molecular complexity index is 346. The summed E-state index contributed by atoms with van der Waals surface area (Å²) in [5, 5.41) is 9.98. The van der Waals surface area contributed by atoms with E-state index in [-0.39, 0.29) is 11.5 Å². The van der Waals surface area contributed by atoms with Gasteiger partial charge in [0.15, 0.2) is 5.78 Å². The third-order valence-corrected chi connectivity index (χ3v) is 2.75. The van der Waals surface area contributed by atoms with Crippen molar-refractivity contribution in [3.63, 3.8) is 0 Å². The van der Waals surface area contributed by atoms with Gasteiger partial charge in [-0.2, -0.15) is 0 Å². The summed E-state index contributed by atoms with van der Waals surface area (Å²) in [4.78, 5) is 21.8. The maximum absolute atomic E-state index is 11.2. The van der Waals surface area contributed by atoms with Gasteiger partial charge < -0.3 is 9.90 Å². The third-order valence-electron chi connectivity index (χ3n) is 2.75. The predicted molar refractivity (Wildman–Crippen MR) is 64.2 cm³/mol. The zero-order valence-electron chi connectivity index (χ0n) is 10.6. The molecule has 0 bridgehead atoms. The Morgan fingerprint density at radius 2 is 1.81 bits per heavy atom. The number of allylic oxidation sites excluding steroid dienone is 3. The molecule has 0 unspecified atom stereocenters. The Balaban J connectivity index is 5.42. The highest BCUT2D eigenvalue weighted by molar-refractivity contribution is 5.93. The van der Waals surface area contributed by atoms with Crippen molar-refractivity contribution in [3.8, 4) is 0 Å². The summed E-state index contributed by atoms with van der Waals surface area (Å²) in [6.45, 7) is 8.50. The molecular weight excluding hydrogens is 204 g/mol. The van der Waals surface area contributed by atoms with Crippen molar-refractivity contribution >= 4 is 12.1 Å². The maximum atomic E-state index is 11.2. The summed E-state index contributed by atoms with van der Waals surface area (Å²) < 4.78 is 0. The first-order valence-corrected chi connectivity index (χ1v) is 5.29. The van der Waals surface area contributed by atoms with Crippen LogP contribution in [0.3, 0.4) is 0 Å². The van der Waals surface area contributed by atoms with Crippen LogP contribution in [0.15, 0.2) is 23.0 Å². The van der Waals surface area contributed by atoms with Gasteiger partial charge >= 0.3 is 0 Å². The number of aldehydes is 1. The largest absolute Gasteiger partial charge is 0.507 e. The Hall–Kier alpha value is -1.38. The number of aliphatic hydroxyl groups is 1. The van der Waals surface area contributed by atoms with Gasteiger partial charge in [0.2, 0.25) is 0 Å². The van der Waals surface area contributed by atoms with Crippen LogP contribution in [0, 0.1) is 5.41 Å². The molecule has 0 aliphatic heterocycles. The zero-order valence-corrected chi connectivity index (χ0v) is 10.6. The van der Waals surface area contributed by atoms with Gasteiger partial charge in [-0.05, 0) is 31.8 Å². The van der Waals surface area contributed by atoms with Crippen molar-refractivity contribution in [1.82, 2.24) is 0 Å². The van der Waals surface area contributed by atoms with Gasteiger partial charge in [0.1, 0.15) is 12.0 Å². The van der Waals surface area contributed by atoms with Gasteiger partial charge in [0, 0.05) is 12.0 Å². The number of aliphatic hydroxyl groups excluding tert-OH is 1. The minimum atomic E-state index is -0.461. The molecule has 0 atom stereocenters. The summed E-state index contributed by atoms with van der Waals surface area (Å²) in [6.07, 6.45) is 2.87. The summed E-state index contributed by atoms with van der Waals surface area (Å²) in [5.41, 5.74) is 0.497. The highest BCUT2D eigenvalue weighted by atomic mass is 16.3. The predicted octanol–water partition coefficient (Wildman–Crippen LogP) is 2.97. The van der Waals surface area contributed by atoms with E-state index in [0.29, 0.717) is 17.6 Å². The number of ketones is 1. The number of hydrogen-bond donors (Lipinski definition) is 1. The molecule has 0 aromatic carbocycles. The topological polar surface area (TPSA) is 54.4 Å². The number of hydrogen-bond acceptors (Lipinski definition) is 3. The van der Waals surface area contributed by atoms with Crippen molar-refractivity contribution in [1.29, 1.82) is 0 Å². The normalized spacial score (nSPS) is 14.4. The third kappa shape index (κ3) is 3.33. The Kier molecular flexibility index (Phi) is 5.15. The molecular formula is C13H20O3. The Morgan fingerprint density at radius 1 is 1.31 bits per heavy atom. The first-order valence-electron chi connectivity index (χ1n) is 5.29. The van der Waals surface area contributed by atoms with E-state index in [2.05, 4.69) is 0 Å². The van der Waals surface area contributed by atoms with E-state index in [9.17, 15) is 14.7 Å². The lowest BCUT2D eigenvalue weighted by Gasteiger charge is -2.26. The van der Waals surface area contributed by atoms with Crippen LogP contribution in [-0.2, 0) is 9.59 Å². The fraction of sp³-hybridized carbons (Fsp3) is 0.538. The van der Waals surface area contributed by atoms with Gasteiger partial charge in [-0.3, -0.25) is 4.79 Å². The molecule has 16 heavy (non-hydrogen) atoms.